The molecule has 0 amide bonds. The first-order valence-electron chi connectivity index (χ1n) is 5.44. The lowest BCUT2D eigenvalue weighted by atomic mass is 10.1. The molecule has 0 saturated heterocycles. The van der Waals surface area contributed by atoms with Crippen molar-refractivity contribution in [2.24, 2.45) is 0 Å². The SMILES string of the molecule is CCOc1ccc(CC(=O)OC)cc1OC(F)(F)F. The Morgan fingerprint density at radius 2 is 1.95 bits per heavy atom. The first kappa shape index (κ1) is 15.1. The number of alkyl halides is 3. The van der Waals surface area contributed by atoms with E-state index in [2.05, 4.69) is 9.47 Å². The Labute approximate surface area is 108 Å². The van der Waals surface area contributed by atoms with Crippen LogP contribution in [0, 0.1) is 0 Å². The molecule has 0 aliphatic heterocycles. The number of carbonyl (C=O) groups excluding carboxylic acids is 1. The van der Waals surface area contributed by atoms with Gasteiger partial charge in [0.05, 0.1) is 20.1 Å². The molecule has 19 heavy (non-hydrogen) atoms. The summed E-state index contributed by atoms with van der Waals surface area (Å²) in [7, 11) is 1.20. The number of carbonyl (C=O) groups is 1. The topological polar surface area (TPSA) is 44.8 Å². The van der Waals surface area contributed by atoms with Gasteiger partial charge in [0.25, 0.3) is 0 Å². The molecule has 0 aliphatic rings. The molecule has 7 heteroatoms. The summed E-state index contributed by atoms with van der Waals surface area (Å²) in [5.41, 5.74) is 0.342. The second-order valence-corrected chi connectivity index (χ2v) is 3.51. The first-order chi connectivity index (χ1) is 8.85. The summed E-state index contributed by atoms with van der Waals surface area (Å²) in [5.74, 6) is -1.06. The molecule has 0 unspecified atom stereocenters. The van der Waals surface area contributed by atoms with Crippen LogP contribution in [0.4, 0.5) is 13.2 Å². The van der Waals surface area contributed by atoms with Gasteiger partial charge >= 0.3 is 12.3 Å². The Morgan fingerprint density at radius 1 is 1.26 bits per heavy atom. The van der Waals surface area contributed by atoms with Gasteiger partial charge in [0.1, 0.15) is 0 Å². The van der Waals surface area contributed by atoms with Crippen LogP contribution in [0.15, 0.2) is 18.2 Å². The number of benzene rings is 1. The number of esters is 1. The van der Waals surface area contributed by atoms with E-state index in [9.17, 15) is 18.0 Å². The summed E-state index contributed by atoms with van der Waals surface area (Å²) in [6.07, 6.45) is -4.97. The molecule has 4 nitrogen and oxygen atoms in total. The quantitative estimate of drug-likeness (QED) is 0.777. The molecule has 0 saturated carbocycles. The van der Waals surface area contributed by atoms with Crippen LogP contribution in [-0.4, -0.2) is 26.0 Å². The highest BCUT2D eigenvalue weighted by Gasteiger charge is 2.32. The van der Waals surface area contributed by atoms with Crippen molar-refractivity contribution in [3.8, 4) is 11.5 Å². The third kappa shape index (κ3) is 5.07. The highest BCUT2D eigenvalue weighted by molar-refractivity contribution is 5.72. The van der Waals surface area contributed by atoms with Gasteiger partial charge in [-0.05, 0) is 24.6 Å². The standard InChI is InChI=1S/C12H13F3O4/c1-3-18-9-5-4-8(7-11(16)17-2)6-10(9)19-12(13,14)15/h4-6H,3,7H2,1-2H3. The summed E-state index contributed by atoms with van der Waals surface area (Å²) in [6, 6.07) is 3.91. The normalized spacial score (nSPS) is 11.0. The fourth-order valence-corrected chi connectivity index (χ4v) is 1.38. The Balaban J connectivity index is 3.00. The van der Waals surface area contributed by atoms with Crippen LogP contribution >= 0.6 is 0 Å². The smallest absolute Gasteiger partial charge is 0.490 e. The molecule has 106 valence electrons. The molecular formula is C12H13F3O4. The summed E-state index contributed by atoms with van der Waals surface area (Å²) in [5, 5.41) is 0. The molecular weight excluding hydrogens is 265 g/mol. The molecule has 0 atom stereocenters. The van der Waals surface area contributed by atoms with E-state index < -0.39 is 18.1 Å². The van der Waals surface area contributed by atoms with Crippen molar-refractivity contribution in [1.82, 2.24) is 0 Å². The highest BCUT2D eigenvalue weighted by atomic mass is 19.4. The number of hydrogen-bond acceptors (Lipinski definition) is 4. The lowest BCUT2D eigenvalue weighted by molar-refractivity contribution is -0.275. The van der Waals surface area contributed by atoms with E-state index in [-0.39, 0.29) is 18.8 Å². The maximum atomic E-state index is 12.3. The van der Waals surface area contributed by atoms with Crippen LogP contribution in [0.2, 0.25) is 0 Å². The van der Waals surface area contributed by atoms with E-state index >= 15 is 0 Å². The van der Waals surface area contributed by atoms with Gasteiger partial charge in [0, 0.05) is 0 Å². The van der Waals surface area contributed by atoms with Crippen molar-refractivity contribution < 1.29 is 32.2 Å². The third-order valence-corrected chi connectivity index (χ3v) is 2.11. The van der Waals surface area contributed by atoms with Gasteiger partial charge in [-0.15, -0.1) is 13.2 Å². The predicted octanol–water partition coefficient (Wildman–Crippen LogP) is 2.70. The molecule has 1 aromatic carbocycles. The fraction of sp³-hybridized carbons (Fsp3) is 0.417. The third-order valence-electron chi connectivity index (χ3n) is 2.11. The Hall–Kier alpha value is -1.92. The van der Waals surface area contributed by atoms with Crippen molar-refractivity contribution in [2.45, 2.75) is 19.7 Å². The number of ether oxygens (including phenoxy) is 3. The zero-order valence-electron chi connectivity index (χ0n) is 10.4. The van der Waals surface area contributed by atoms with Gasteiger partial charge in [-0.3, -0.25) is 4.79 Å². The summed E-state index contributed by atoms with van der Waals surface area (Å²) >= 11 is 0. The number of hydrogen-bond donors (Lipinski definition) is 0. The molecule has 1 aromatic rings. The minimum absolute atomic E-state index is 0.0339. The summed E-state index contributed by atoms with van der Waals surface area (Å²) in [6.45, 7) is 1.84. The van der Waals surface area contributed by atoms with E-state index in [1.807, 2.05) is 0 Å². The fourth-order valence-electron chi connectivity index (χ4n) is 1.38. The zero-order chi connectivity index (χ0) is 14.5. The lowest BCUT2D eigenvalue weighted by Gasteiger charge is -2.14. The minimum Gasteiger partial charge on any atom is -0.490 e. The van der Waals surface area contributed by atoms with E-state index in [1.54, 1.807) is 6.92 Å². The van der Waals surface area contributed by atoms with Gasteiger partial charge in [0.15, 0.2) is 11.5 Å². The second kappa shape index (κ2) is 6.31. The van der Waals surface area contributed by atoms with Gasteiger partial charge in [-0.1, -0.05) is 6.07 Å². The maximum Gasteiger partial charge on any atom is 0.573 e. The minimum atomic E-state index is -4.82. The van der Waals surface area contributed by atoms with Gasteiger partial charge in [0.2, 0.25) is 0 Å². The summed E-state index contributed by atoms with van der Waals surface area (Å²) in [4.78, 5) is 11.1. The maximum absolute atomic E-state index is 12.3. The Bertz CT molecular complexity index is 443. The Kier molecular flexibility index (Phi) is 5.02. The van der Waals surface area contributed by atoms with Gasteiger partial charge in [-0.2, -0.15) is 0 Å². The van der Waals surface area contributed by atoms with Gasteiger partial charge < -0.3 is 14.2 Å². The molecule has 0 aromatic heterocycles. The van der Waals surface area contributed by atoms with Crippen molar-refractivity contribution in [2.75, 3.05) is 13.7 Å². The molecule has 0 radical (unpaired) electrons. The average molecular weight is 278 g/mol. The molecule has 0 bridgehead atoms. The number of methoxy groups -OCH3 is 1. The lowest BCUT2D eigenvalue weighted by Crippen LogP contribution is -2.18. The molecule has 0 aliphatic carbocycles. The monoisotopic (exact) mass is 278 g/mol. The average Bonchev–Trinajstić information content (AvgIpc) is 2.30. The first-order valence-corrected chi connectivity index (χ1v) is 5.44. The van der Waals surface area contributed by atoms with Crippen molar-refractivity contribution in [3.05, 3.63) is 23.8 Å². The number of halogens is 3. The van der Waals surface area contributed by atoms with Crippen molar-refractivity contribution >= 4 is 5.97 Å². The van der Waals surface area contributed by atoms with Gasteiger partial charge in [-0.25, -0.2) is 0 Å². The van der Waals surface area contributed by atoms with E-state index in [1.165, 1.54) is 19.2 Å². The second-order valence-electron chi connectivity index (χ2n) is 3.51. The zero-order valence-corrected chi connectivity index (χ0v) is 10.4. The van der Waals surface area contributed by atoms with E-state index in [0.717, 1.165) is 6.07 Å². The molecule has 0 spiro atoms. The molecule has 0 N–H and O–H groups in total. The highest BCUT2D eigenvalue weighted by Crippen LogP contribution is 2.33. The van der Waals surface area contributed by atoms with Crippen LogP contribution in [0.25, 0.3) is 0 Å². The van der Waals surface area contributed by atoms with E-state index in [4.69, 9.17) is 4.74 Å². The van der Waals surface area contributed by atoms with Crippen LogP contribution < -0.4 is 9.47 Å². The predicted molar refractivity (Wildman–Crippen MR) is 60.0 cm³/mol. The molecule has 0 fully saturated rings. The van der Waals surface area contributed by atoms with Crippen LogP contribution in [0.5, 0.6) is 11.5 Å². The van der Waals surface area contributed by atoms with Crippen LogP contribution in [-0.2, 0) is 16.0 Å². The van der Waals surface area contributed by atoms with Crippen LogP contribution in [0.1, 0.15) is 12.5 Å². The van der Waals surface area contributed by atoms with Crippen molar-refractivity contribution in [3.63, 3.8) is 0 Å². The summed E-state index contributed by atoms with van der Waals surface area (Å²) < 4.78 is 50.1. The Morgan fingerprint density at radius 3 is 2.47 bits per heavy atom. The van der Waals surface area contributed by atoms with E-state index in [0.29, 0.717) is 5.56 Å². The van der Waals surface area contributed by atoms with Crippen LogP contribution in [0.3, 0.4) is 0 Å². The molecule has 0 heterocycles. The molecule has 1 rings (SSSR count). The van der Waals surface area contributed by atoms with Crippen molar-refractivity contribution in [1.29, 1.82) is 0 Å². The largest absolute Gasteiger partial charge is 0.573 e. The number of rotatable bonds is 5.